The fraction of sp³-hybridized carbons (Fsp3) is 0.750. The van der Waals surface area contributed by atoms with E-state index in [1.54, 1.807) is 22.0 Å². The van der Waals surface area contributed by atoms with Gasteiger partial charge in [0.15, 0.2) is 0 Å². The van der Waals surface area contributed by atoms with Crippen LogP contribution >= 0.6 is 0 Å². The van der Waals surface area contributed by atoms with Crippen LogP contribution in [0.3, 0.4) is 0 Å². The standard InChI is InChI=1S/C12H20N4O3/c1-12(2,3)19-11(17)15-6-7-18-9-10(8-15)16-5-4-13-14-16/h4-5,10H,6-9H2,1-3H3. The highest BCUT2D eigenvalue weighted by atomic mass is 16.6. The molecule has 0 N–H and O–H groups in total. The van der Waals surface area contributed by atoms with Crippen LogP contribution in [-0.2, 0) is 9.47 Å². The molecule has 1 fully saturated rings. The van der Waals surface area contributed by atoms with E-state index in [-0.39, 0.29) is 12.1 Å². The summed E-state index contributed by atoms with van der Waals surface area (Å²) in [5.41, 5.74) is -0.493. The third kappa shape index (κ3) is 3.92. The van der Waals surface area contributed by atoms with Crippen LogP contribution in [0.4, 0.5) is 4.79 Å². The number of carbonyl (C=O) groups is 1. The summed E-state index contributed by atoms with van der Waals surface area (Å²) in [6.07, 6.45) is 3.07. The summed E-state index contributed by atoms with van der Waals surface area (Å²) in [7, 11) is 0. The molecular weight excluding hydrogens is 248 g/mol. The van der Waals surface area contributed by atoms with E-state index in [2.05, 4.69) is 10.3 Å². The zero-order valence-electron chi connectivity index (χ0n) is 11.6. The van der Waals surface area contributed by atoms with Gasteiger partial charge in [0, 0.05) is 19.3 Å². The van der Waals surface area contributed by atoms with E-state index in [4.69, 9.17) is 9.47 Å². The van der Waals surface area contributed by atoms with Crippen molar-refractivity contribution in [2.75, 3.05) is 26.3 Å². The molecule has 2 heterocycles. The second-order valence-corrected chi connectivity index (χ2v) is 5.54. The Morgan fingerprint density at radius 2 is 2.26 bits per heavy atom. The van der Waals surface area contributed by atoms with Crippen LogP contribution in [-0.4, -0.2) is 57.9 Å². The van der Waals surface area contributed by atoms with Crippen molar-refractivity contribution in [1.82, 2.24) is 19.9 Å². The topological polar surface area (TPSA) is 69.5 Å². The van der Waals surface area contributed by atoms with Gasteiger partial charge in [-0.3, -0.25) is 0 Å². The lowest BCUT2D eigenvalue weighted by Crippen LogP contribution is -2.40. The second kappa shape index (κ2) is 5.56. The molecule has 7 nitrogen and oxygen atoms in total. The fourth-order valence-corrected chi connectivity index (χ4v) is 1.86. The Balaban J connectivity index is 2.02. The van der Waals surface area contributed by atoms with E-state index in [9.17, 15) is 4.79 Å². The number of carbonyl (C=O) groups excluding carboxylic acids is 1. The molecule has 19 heavy (non-hydrogen) atoms. The summed E-state index contributed by atoms with van der Waals surface area (Å²) in [4.78, 5) is 13.7. The van der Waals surface area contributed by atoms with Crippen LogP contribution in [0.1, 0.15) is 26.8 Å². The van der Waals surface area contributed by atoms with Gasteiger partial charge in [-0.25, -0.2) is 9.48 Å². The third-order valence-corrected chi connectivity index (χ3v) is 2.71. The minimum absolute atomic E-state index is 0.0301. The first-order valence-corrected chi connectivity index (χ1v) is 6.37. The van der Waals surface area contributed by atoms with Gasteiger partial charge in [0.25, 0.3) is 0 Å². The molecule has 106 valence electrons. The van der Waals surface area contributed by atoms with Crippen molar-refractivity contribution in [1.29, 1.82) is 0 Å². The molecule has 7 heteroatoms. The van der Waals surface area contributed by atoms with Crippen LogP contribution in [0.15, 0.2) is 12.4 Å². The first kappa shape index (κ1) is 13.8. The number of amides is 1. The summed E-state index contributed by atoms with van der Waals surface area (Å²) < 4.78 is 12.6. The summed E-state index contributed by atoms with van der Waals surface area (Å²) in [6, 6.07) is -0.0301. The second-order valence-electron chi connectivity index (χ2n) is 5.54. The number of rotatable bonds is 1. The Kier molecular flexibility index (Phi) is 4.04. The first-order valence-electron chi connectivity index (χ1n) is 6.37. The molecule has 1 saturated heterocycles. The lowest BCUT2D eigenvalue weighted by molar-refractivity contribution is 0.0233. The summed E-state index contributed by atoms with van der Waals surface area (Å²) in [5.74, 6) is 0. The molecule has 0 saturated carbocycles. The van der Waals surface area contributed by atoms with Crippen LogP contribution in [0.5, 0.6) is 0 Å². The number of hydrogen-bond acceptors (Lipinski definition) is 5. The maximum absolute atomic E-state index is 12.1. The van der Waals surface area contributed by atoms with Crippen LogP contribution in [0, 0.1) is 0 Å². The number of hydrogen-bond donors (Lipinski definition) is 0. The van der Waals surface area contributed by atoms with E-state index in [0.717, 1.165) is 0 Å². The Morgan fingerprint density at radius 1 is 1.47 bits per heavy atom. The molecule has 1 unspecified atom stereocenters. The molecule has 1 atom stereocenters. The van der Waals surface area contributed by atoms with E-state index >= 15 is 0 Å². The first-order chi connectivity index (χ1) is 8.96. The molecule has 0 bridgehead atoms. The highest BCUT2D eigenvalue weighted by molar-refractivity contribution is 5.68. The number of ether oxygens (including phenoxy) is 2. The van der Waals surface area contributed by atoms with Crippen molar-refractivity contribution < 1.29 is 14.3 Å². The average Bonchev–Trinajstić information content (AvgIpc) is 2.71. The van der Waals surface area contributed by atoms with Gasteiger partial charge in [-0.2, -0.15) is 0 Å². The predicted octanol–water partition coefficient (Wildman–Crippen LogP) is 1.09. The maximum Gasteiger partial charge on any atom is 0.410 e. The molecule has 1 aromatic heterocycles. The molecule has 2 rings (SSSR count). The molecular formula is C12H20N4O3. The highest BCUT2D eigenvalue weighted by Crippen LogP contribution is 2.15. The molecule has 1 aliphatic rings. The Bertz CT molecular complexity index is 413. The minimum Gasteiger partial charge on any atom is -0.444 e. The van der Waals surface area contributed by atoms with Gasteiger partial charge in [0.05, 0.1) is 25.5 Å². The summed E-state index contributed by atoms with van der Waals surface area (Å²) >= 11 is 0. The summed E-state index contributed by atoms with van der Waals surface area (Å²) in [5, 5.41) is 7.74. The number of aromatic nitrogens is 3. The van der Waals surface area contributed by atoms with E-state index in [1.165, 1.54) is 0 Å². The largest absolute Gasteiger partial charge is 0.444 e. The van der Waals surface area contributed by atoms with E-state index in [0.29, 0.717) is 26.3 Å². The van der Waals surface area contributed by atoms with Gasteiger partial charge < -0.3 is 14.4 Å². The maximum atomic E-state index is 12.1. The van der Waals surface area contributed by atoms with Crippen molar-refractivity contribution in [3.05, 3.63) is 12.4 Å². The summed E-state index contributed by atoms with van der Waals surface area (Å²) in [6.45, 7) is 7.63. The van der Waals surface area contributed by atoms with Crippen molar-refractivity contribution >= 4 is 6.09 Å². The number of nitrogens with zero attached hydrogens (tertiary/aromatic N) is 4. The van der Waals surface area contributed by atoms with Gasteiger partial charge in [-0.1, -0.05) is 5.21 Å². The monoisotopic (exact) mass is 268 g/mol. The van der Waals surface area contributed by atoms with E-state index < -0.39 is 5.60 Å². The lowest BCUT2D eigenvalue weighted by atomic mass is 10.2. The molecule has 0 aliphatic carbocycles. The quantitative estimate of drug-likeness (QED) is 0.762. The van der Waals surface area contributed by atoms with Crippen molar-refractivity contribution in [2.45, 2.75) is 32.4 Å². The van der Waals surface area contributed by atoms with Crippen molar-refractivity contribution in [3.8, 4) is 0 Å². The van der Waals surface area contributed by atoms with Gasteiger partial charge in [0.1, 0.15) is 5.60 Å². The molecule has 1 aliphatic heterocycles. The van der Waals surface area contributed by atoms with Gasteiger partial charge in [-0.05, 0) is 20.8 Å². The molecule has 1 amide bonds. The van der Waals surface area contributed by atoms with Crippen LogP contribution < -0.4 is 0 Å². The predicted molar refractivity (Wildman–Crippen MR) is 67.7 cm³/mol. The van der Waals surface area contributed by atoms with Crippen molar-refractivity contribution in [2.24, 2.45) is 0 Å². The highest BCUT2D eigenvalue weighted by Gasteiger charge is 2.27. The molecule has 0 spiro atoms. The lowest BCUT2D eigenvalue weighted by Gasteiger charge is -2.27. The minimum atomic E-state index is -0.493. The Labute approximate surface area is 112 Å². The fourth-order valence-electron chi connectivity index (χ4n) is 1.86. The SMILES string of the molecule is CC(C)(C)OC(=O)N1CCOCC(n2ccnn2)C1. The Morgan fingerprint density at radius 3 is 2.89 bits per heavy atom. The van der Waals surface area contributed by atoms with E-state index in [1.807, 2.05) is 20.8 Å². The molecule has 1 aromatic rings. The van der Waals surface area contributed by atoms with Gasteiger partial charge in [-0.15, -0.1) is 5.10 Å². The molecule has 0 aromatic carbocycles. The normalized spacial score (nSPS) is 21.0. The zero-order chi connectivity index (χ0) is 13.9. The Hall–Kier alpha value is -1.63. The average molecular weight is 268 g/mol. The zero-order valence-corrected chi connectivity index (χ0v) is 11.6. The van der Waals surface area contributed by atoms with Crippen molar-refractivity contribution in [3.63, 3.8) is 0 Å². The van der Waals surface area contributed by atoms with Gasteiger partial charge >= 0.3 is 6.09 Å². The van der Waals surface area contributed by atoms with Crippen LogP contribution in [0.25, 0.3) is 0 Å². The molecule has 0 radical (unpaired) electrons. The van der Waals surface area contributed by atoms with Gasteiger partial charge in [0.2, 0.25) is 0 Å². The van der Waals surface area contributed by atoms with Crippen LogP contribution in [0.2, 0.25) is 0 Å². The smallest absolute Gasteiger partial charge is 0.410 e. The third-order valence-electron chi connectivity index (χ3n) is 2.71.